The van der Waals surface area contributed by atoms with Crippen LogP contribution in [0.5, 0.6) is 17.2 Å². The van der Waals surface area contributed by atoms with Gasteiger partial charge in [0.05, 0.1) is 29.7 Å². The second kappa shape index (κ2) is 8.19. The largest absolute Gasteiger partial charge is 0.494 e. The summed E-state index contributed by atoms with van der Waals surface area (Å²) in [4.78, 5) is 12.4. The highest BCUT2D eigenvalue weighted by Gasteiger charge is 2.33. The van der Waals surface area contributed by atoms with Gasteiger partial charge in [0.1, 0.15) is 11.5 Å². The molecule has 0 bridgehead atoms. The molecule has 2 aromatic carbocycles. The fourth-order valence-corrected chi connectivity index (χ4v) is 4.74. The Labute approximate surface area is 163 Å². The second-order valence-electron chi connectivity index (χ2n) is 6.24. The molecule has 144 valence electrons. The standard InChI is InChI=1S/C19H20ClNO5S/c1-2-25-15-4-6-16(7-5-15)26-18-8-3-14(20)11-17(18)21-19(22)13-9-10-27(23,24)12-13/h3-8,11,13H,2,9-10,12H2,1H3,(H,21,22)/t13-/m1/s1. The average Bonchev–Trinajstić information content (AvgIpc) is 2.99. The third-order valence-electron chi connectivity index (χ3n) is 4.17. The first-order valence-electron chi connectivity index (χ1n) is 8.58. The van der Waals surface area contributed by atoms with Gasteiger partial charge in [0, 0.05) is 5.02 Å². The lowest BCUT2D eigenvalue weighted by atomic mass is 10.1. The zero-order valence-electron chi connectivity index (χ0n) is 14.8. The maximum atomic E-state index is 12.4. The number of rotatable bonds is 6. The zero-order chi connectivity index (χ0) is 19.4. The Hall–Kier alpha value is -2.25. The highest BCUT2D eigenvalue weighted by Crippen LogP contribution is 2.33. The van der Waals surface area contributed by atoms with Crippen molar-refractivity contribution >= 4 is 33.0 Å². The summed E-state index contributed by atoms with van der Waals surface area (Å²) in [6.45, 7) is 2.48. The number of hydrogen-bond donors (Lipinski definition) is 1. The molecule has 1 fully saturated rings. The van der Waals surface area contributed by atoms with Crippen LogP contribution in [0.4, 0.5) is 5.69 Å². The van der Waals surface area contributed by atoms with Crippen molar-refractivity contribution in [3.05, 3.63) is 47.5 Å². The number of ether oxygens (including phenoxy) is 2. The molecule has 1 saturated heterocycles. The molecule has 3 rings (SSSR count). The van der Waals surface area contributed by atoms with Crippen LogP contribution in [0.3, 0.4) is 0 Å². The van der Waals surface area contributed by atoms with Crippen molar-refractivity contribution in [2.75, 3.05) is 23.4 Å². The third kappa shape index (κ3) is 5.14. The fourth-order valence-electron chi connectivity index (χ4n) is 2.82. The Bertz CT molecular complexity index is 928. The number of hydrogen-bond acceptors (Lipinski definition) is 5. The Kier molecular flexibility index (Phi) is 5.92. The summed E-state index contributed by atoms with van der Waals surface area (Å²) in [6.07, 6.45) is 0.323. The smallest absolute Gasteiger partial charge is 0.228 e. The van der Waals surface area contributed by atoms with Gasteiger partial charge in [0.2, 0.25) is 5.91 Å². The molecule has 0 aliphatic carbocycles. The lowest BCUT2D eigenvalue weighted by molar-refractivity contribution is -0.119. The second-order valence-corrected chi connectivity index (χ2v) is 8.90. The van der Waals surface area contributed by atoms with Crippen molar-refractivity contribution in [3.63, 3.8) is 0 Å². The summed E-state index contributed by atoms with van der Waals surface area (Å²) < 4.78 is 34.4. The monoisotopic (exact) mass is 409 g/mol. The maximum absolute atomic E-state index is 12.4. The van der Waals surface area contributed by atoms with E-state index in [0.29, 0.717) is 35.2 Å². The molecule has 8 heteroatoms. The lowest BCUT2D eigenvalue weighted by Crippen LogP contribution is -2.23. The first kappa shape index (κ1) is 19.5. The van der Waals surface area contributed by atoms with Gasteiger partial charge in [-0.2, -0.15) is 0 Å². The van der Waals surface area contributed by atoms with Gasteiger partial charge in [-0.1, -0.05) is 11.6 Å². The number of benzene rings is 2. The van der Waals surface area contributed by atoms with E-state index < -0.39 is 15.8 Å². The number of amides is 1. The molecule has 0 aromatic heterocycles. The van der Waals surface area contributed by atoms with E-state index in [1.807, 2.05) is 6.92 Å². The fraction of sp³-hybridized carbons (Fsp3) is 0.316. The van der Waals surface area contributed by atoms with E-state index in [0.717, 1.165) is 5.75 Å². The lowest BCUT2D eigenvalue weighted by Gasteiger charge is -2.15. The van der Waals surface area contributed by atoms with Crippen LogP contribution in [0.1, 0.15) is 13.3 Å². The van der Waals surface area contributed by atoms with Crippen molar-refractivity contribution in [2.24, 2.45) is 5.92 Å². The topological polar surface area (TPSA) is 81.7 Å². The van der Waals surface area contributed by atoms with E-state index in [9.17, 15) is 13.2 Å². The highest BCUT2D eigenvalue weighted by molar-refractivity contribution is 7.91. The van der Waals surface area contributed by atoms with Crippen LogP contribution in [0, 0.1) is 5.92 Å². The van der Waals surface area contributed by atoms with Crippen LogP contribution in [0.25, 0.3) is 0 Å². The van der Waals surface area contributed by atoms with E-state index in [2.05, 4.69) is 5.32 Å². The Morgan fingerprint density at radius 3 is 2.52 bits per heavy atom. The van der Waals surface area contributed by atoms with Crippen LogP contribution in [-0.4, -0.2) is 32.4 Å². The zero-order valence-corrected chi connectivity index (χ0v) is 16.3. The molecule has 0 spiro atoms. The molecule has 1 aliphatic rings. The molecule has 1 heterocycles. The molecule has 0 radical (unpaired) electrons. The molecule has 27 heavy (non-hydrogen) atoms. The number of anilines is 1. The number of halogens is 1. The Balaban J connectivity index is 1.75. The van der Waals surface area contributed by atoms with Crippen LogP contribution in [0.15, 0.2) is 42.5 Å². The minimum absolute atomic E-state index is 0.0379. The molecule has 1 atom stereocenters. The summed E-state index contributed by atoms with van der Waals surface area (Å²) >= 11 is 6.04. The molecule has 1 amide bonds. The van der Waals surface area contributed by atoms with Crippen molar-refractivity contribution in [2.45, 2.75) is 13.3 Å². The summed E-state index contributed by atoms with van der Waals surface area (Å²) in [5.74, 6) is 0.710. The van der Waals surface area contributed by atoms with Gasteiger partial charge in [0.15, 0.2) is 15.6 Å². The minimum Gasteiger partial charge on any atom is -0.494 e. The number of carbonyl (C=O) groups is 1. The molecule has 1 N–H and O–H groups in total. The summed E-state index contributed by atoms with van der Waals surface area (Å²) in [7, 11) is -3.14. The minimum atomic E-state index is -3.14. The molecular formula is C19H20ClNO5S. The first-order valence-corrected chi connectivity index (χ1v) is 10.8. The van der Waals surface area contributed by atoms with E-state index in [-0.39, 0.29) is 17.4 Å². The highest BCUT2D eigenvalue weighted by atomic mass is 35.5. The van der Waals surface area contributed by atoms with Gasteiger partial charge in [0.25, 0.3) is 0 Å². The van der Waals surface area contributed by atoms with Crippen molar-refractivity contribution < 1.29 is 22.7 Å². The SMILES string of the molecule is CCOc1ccc(Oc2ccc(Cl)cc2NC(=O)[C@@H]2CCS(=O)(=O)C2)cc1. The molecule has 1 aliphatic heterocycles. The van der Waals surface area contributed by atoms with Crippen LogP contribution in [0.2, 0.25) is 5.02 Å². The van der Waals surface area contributed by atoms with Gasteiger partial charge in [-0.15, -0.1) is 0 Å². The van der Waals surface area contributed by atoms with E-state index in [1.54, 1.807) is 42.5 Å². The average molecular weight is 410 g/mol. The number of carbonyl (C=O) groups excluding carboxylic acids is 1. The van der Waals surface area contributed by atoms with Crippen molar-refractivity contribution in [1.29, 1.82) is 0 Å². The number of nitrogens with one attached hydrogen (secondary N) is 1. The van der Waals surface area contributed by atoms with Crippen LogP contribution in [-0.2, 0) is 14.6 Å². The third-order valence-corrected chi connectivity index (χ3v) is 6.17. The van der Waals surface area contributed by atoms with Gasteiger partial charge >= 0.3 is 0 Å². The van der Waals surface area contributed by atoms with Gasteiger partial charge in [-0.05, 0) is 55.8 Å². The van der Waals surface area contributed by atoms with Crippen molar-refractivity contribution in [1.82, 2.24) is 0 Å². The van der Waals surface area contributed by atoms with Crippen LogP contribution < -0.4 is 14.8 Å². The van der Waals surface area contributed by atoms with E-state index >= 15 is 0 Å². The Morgan fingerprint density at radius 1 is 1.19 bits per heavy atom. The Morgan fingerprint density at radius 2 is 1.89 bits per heavy atom. The summed E-state index contributed by atoms with van der Waals surface area (Å²) in [6, 6.07) is 12.0. The number of sulfone groups is 1. The molecule has 2 aromatic rings. The van der Waals surface area contributed by atoms with Gasteiger partial charge in [-0.25, -0.2) is 8.42 Å². The van der Waals surface area contributed by atoms with Gasteiger partial charge in [-0.3, -0.25) is 4.79 Å². The quantitative estimate of drug-likeness (QED) is 0.782. The van der Waals surface area contributed by atoms with E-state index in [4.69, 9.17) is 21.1 Å². The maximum Gasteiger partial charge on any atom is 0.228 e. The molecule has 0 saturated carbocycles. The van der Waals surface area contributed by atoms with Crippen molar-refractivity contribution in [3.8, 4) is 17.2 Å². The first-order chi connectivity index (χ1) is 12.9. The molecule has 0 unspecified atom stereocenters. The van der Waals surface area contributed by atoms with E-state index in [1.165, 1.54) is 0 Å². The summed E-state index contributed by atoms with van der Waals surface area (Å²) in [5, 5.41) is 3.18. The molecule has 6 nitrogen and oxygen atoms in total. The molecular weight excluding hydrogens is 390 g/mol. The van der Waals surface area contributed by atoms with Crippen LogP contribution >= 0.6 is 11.6 Å². The predicted molar refractivity (Wildman–Crippen MR) is 105 cm³/mol. The predicted octanol–water partition coefficient (Wildman–Crippen LogP) is 3.90. The summed E-state index contributed by atoms with van der Waals surface area (Å²) in [5.41, 5.74) is 0.394. The van der Waals surface area contributed by atoms with Gasteiger partial charge < -0.3 is 14.8 Å². The normalized spacial score (nSPS) is 18.1.